The molecular formula is C60H84N8O15S3. The minimum Gasteiger partial charge on any atom is -0.493 e. The van der Waals surface area contributed by atoms with Crippen molar-refractivity contribution in [2.24, 2.45) is 11.5 Å². The number of hydrogen-bond acceptors (Lipinski definition) is 16. The van der Waals surface area contributed by atoms with Crippen LogP contribution in [0, 0.1) is 38.5 Å². The van der Waals surface area contributed by atoms with E-state index in [0.717, 1.165) is 0 Å². The lowest BCUT2D eigenvalue weighted by molar-refractivity contribution is 0.0916. The van der Waals surface area contributed by atoms with Gasteiger partial charge in [0.25, 0.3) is 54.0 Å². The van der Waals surface area contributed by atoms with Crippen LogP contribution in [0.25, 0.3) is 0 Å². The summed E-state index contributed by atoms with van der Waals surface area (Å²) in [5.41, 5.74) is 15.8. The predicted octanol–water partition coefficient (Wildman–Crippen LogP) is 5.62. The Kier molecular flexibility index (Phi) is 28.6. The lowest BCUT2D eigenvalue weighted by atomic mass is 9.88. The molecule has 0 aromatic heterocycles. The number of terminal acetylenes is 2. The Balaban J connectivity index is 1.75. The maximum Gasteiger partial charge on any atom is 0.266 e. The molecule has 472 valence electrons. The molecule has 0 heterocycles. The van der Waals surface area contributed by atoms with Gasteiger partial charge in [-0.2, -0.15) is 25.3 Å². The maximum atomic E-state index is 14.5. The Morgan fingerprint density at radius 1 is 0.698 bits per heavy atom. The van der Waals surface area contributed by atoms with Crippen molar-refractivity contribution in [3.8, 4) is 36.2 Å². The normalized spacial score (nSPS) is 15.9. The average Bonchev–Trinajstić information content (AvgIpc) is 2.89. The number of ether oxygens (including phenoxy) is 2. The Morgan fingerprint density at radius 3 is 1.80 bits per heavy atom. The molecule has 23 nitrogen and oxygen atoms in total. The summed E-state index contributed by atoms with van der Waals surface area (Å²) >= 11 is 0. The highest BCUT2D eigenvalue weighted by Crippen LogP contribution is 2.34. The third-order valence-corrected chi connectivity index (χ3v) is 16.5. The fourth-order valence-electron chi connectivity index (χ4n) is 9.84. The van der Waals surface area contributed by atoms with Crippen molar-refractivity contribution >= 4 is 65.4 Å². The van der Waals surface area contributed by atoms with Crippen LogP contribution in [0.3, 0.4) is 0 Å². The van der Waals surface area contributed by atoms with Gasteiger partial charge in [-0.3, -0.25) is 32.8 Å². The van der Waals surface area contributed by atoms with Gasteiger partial charge in [0.05, 0.1) is 42.6 Å². The molecule has 0 radical (unpaired) electrons. The number of amides is 4. The van der Waals surface area contributed by atoms with Gasteiger partial charge in [-0.25, -0.2) is 0 Å². The van der Waals surface area contributed by atoms with E-state index in [1.165, 1.54) is 12.1 Å². The fourth-order valence-corrected chi connectivity index (χ4v) is 11.2. The number of allylic oxidation sites excluding steroid dienone is 3. The zero-order valence-electron chi connectivity index (χ0n) is 49.6. The largest absolute Gasteiger partial charge is 0.493 e. The summed E-state index contributed by atoms with van der Waals surface area (Å²) in [6.07, 6.45) is 21.4. The third-order valence-electron chi connectivity index (χ3n) is 14.2. The van der Waals surface area contributed by atoms with Gasteiger partial charge in [-0.05, 0) is 146 Å². The fraction of sp³-hybridized carbons (Fsp3) is 0.500. The van der Waals surface area contributed by atoms with E-state index in [0.29, 0.717) is 103 Å². The number of carbonyl (C=O) groups is 4. The highest BCUT2D eigenvalue weighted by molar-refractivity contribution is 7.86. The number of unbranched alkanes of at least 4 members (excludes halogenated alkanes) is 4. The smallest absolute Gasteiger partial charge is 0.266 e. The predicted molar refractivity (Wildman–Crippen MR) is 333 cm³/mol. The maximum absolute atomic E-state index is 14.5. The van der Waals surface area contributed by atoms with E-state index in [1.807, 2.05) is 0 Å². The molecule has 1 saturated carbocycles. The molecule has 0 saturated heterocycles. The number of nitrogens with two attached hydrogens (primary N) is 2. The van der Waals surface area contributed by atoms with Crippen LogP contribution in [-0.2, 0) is 36.9 Å². The molecule has 26 heteroatoms. The molecule has 4 amide bonds. The molecule has 4 atom stereocenters. The summed E-state index contributed by atoms with van der Waals surface area (Å²) in [6, 6.07) is 9.82. The summed E-state index contributed by atoms with van der Waals surface area (Å²) in [5, 5.41) is 11.2. The summed E-state index contributed by atoms with van der Waals surface area (Å²) in [5.74, 6) is 1.70. The topological polar surface area (TPSA) is 356 Å². The number of carbonyl (C=O) groups excluding carboxylic acids is 4. The zero-order chi connectivity index (χ0) is 63.8. The first-order valence-corrected chi connectivity index (χ1v) is 33.3. The second-order valence-corrected chi connectivity index (χ2v) is 25.8. The monoisotopic (exact) mass is 1250 g/mol. The van der Waals surface area contributed by atoms with E-state index in [-0.39, 0.29) is 98.5 Å². The van der Waals surface area contributed by atoms with E-state index in [9.17, 15) is 58.1 Å². The number of benzene rings is 3. The van der Waals surface area contributed by atoms with Gasteiger partial charge in [0, 0.05) is 103 Å². The Bertz CT molecular complexity index is 3290. The van der Waals surface area contributed by atoms with Gasteiger partial charge in [0.2, 0.25) is 0 Å². The first-order chi connectivity index (χ1) is 40.6. The molecule has 1 fully saturated rings. The SMILES string of the molecule is C#CCCCCOc1cc(C(=O)NC2C[C@@H](N)C[C@@H](N)C2)cc(OCCCCC#C)c1CNC(=O)c1cccc(N(CCCS(=O)(=O)O)/C(C)=C/C=C/C(C)N(CCCS(=O)(=O)O)c2cc(C(=O)NCCS(=O)(=O)O)cc(C(=O)NCC)c2C)c1C. The lowest BCUT2D eigenvalue weighted by Gasteiger charge is -2.32. The van der Waals surface area contributed by atoms with E-state index in [2.05, 4.69) is 33.1 Å². The van der Waals surface area contributed by atoms with E-state index < -0.39 is 77.9 Å². The van der Waals surface area contributed by atoms with Gasteiger partial charge < -0.3 is 52.0 Å². The molecule has 1 aliphatic carbocycles. The van der Waals surface area contributed by atoms with E-state index in [4.69, 9.17) is 33.8 Å². The van der Waals surface area contributed by atoms with Crippen molar-refractivity contribution in [3.05, 3.63) is 105 Å². The van der Waals surface area contributed by atoms with Gasteiger partial charge in [0.1, 0.15) is 11.5 Å². The van der Waals surface area contributed by atoms with Crippen LogP contribution in [0.15, 0.2) is 66.4 Å². The Morgan fingerprint density at radius 2 is 1.24 bits per heavy atom. The van der Waals surface area contributed by atoms with Crippen molar-refractivity contribution < 1.29 is 67.6 Å². The summed E-state index contributed by atoms with van der Waals surface area (Å²) in [6.45, 7) is 8.75. The van der Waals surface area contributed by atoms with Crippen molar-refractivity contribution in [2.45, 2.75) is 136 Å². The van der Waals surface area contributed by atoms with Gasteiger partial charge in [0.15, 0.2) is 0 Å². The standard InChI is InChI=1S/C60H84N8O15S3/c1-8-11-13-15-28-82-55-35-46(58(70)66-49-38-47(61)37-48(62)39-49)36-56(83-29-16-14-12-9-2)52(55)40-65-59(71)50-23-18-24-53(43(50)6)67(26-19-30-84(73,74)75)41(4)21-17-22-42(5)68(27-20-31-85(76,77)78)54-34-45(57(69)64-25-32-86(79,80)81)33-51(44(54)7)60(72)63-10-3/h1-2,17-18,21-24,33-36,42,47-49H,10-16,19-20,25-32,37-40,61-62H2,3-7H3,(H,63,72)(H,64,69)(H,65,71)(H,66,70)(H,73,74,75)(H,76,77,78)(H,79,80,81)/b22-17+,41-21+/t42?,47-,48+,49?. The summed E-state index contributed by atoms with van der Waals surface area (Å²) < 4.78 is 112. The van der Waals surface area contributed by atoms with Crippen LogP contribution >= 0.6 is 0 Å². The Labute approximate surface area is 507 Å². The molecule has 3 aromatic carbocycles. The highest BCUT2D eigenvalue weighted by Gasteiger charge is 2.29. The molecule has 0 bridgehead atoms. The van der Waals surface area contributed by atoms with Crippen LogP contribution in [0.4, 0.5) is 11.4 Å². The molecule has 0 spiro atoms. The van der Waals surface area contributed by atoms with Crippen LogP contribution in [-0.4, -0.2) is 143 Å². The molecule has 3 aromatic rings. The number of hydrogen-bond donors (Lipinski definition) is 9. The van der Waals surface area contributed by atoms with Crippen LogP contribution < -0.4 is 52.0 Å². The third kappa shape index (κ3) is 24.0. The van der Waals surface area contributed by atoms with E-state index >= 15 is 0 Å². The number of nitrogens with zero attached hydrogens (tertiary/aromatic N) is 2. The molecule has 0 aliphatic heterocycles. The van der Waals surface area contributed by atoms with Gasteiger partial charge in [-0.15, -0.1) is 24.7 Å². The molecule has 1 aliphatic rings. The molecule has 11 N–H and O–H groups in total. The van der Waals surface area contributed by atoms with Crippen LogP contribution in [0.2, 0.25) is 0 Å². The van der Waals surface area contributed by atoms with Crippen molar-refractivity contribution in [1.29, 1.82) is 0 Å². The molecule has 4 rings (SSSR count). The first-order valence-electron chi connectivity index (χ1n) is 28.5. The molecule has 2 unspecified atom stereocenters. The lowest BCUT2D eigenvalue weighted by Crippen LogP contribution is -2.49. The first kappa shape index (κ1) is 71.5. The van der Waals surface area contributed by atoms with Crippen LogP contribution in [0.1, 0.15) is 150 Å². The van der Waals surface area contributed by atoms with Gasteiger partial charge in [-0.1, -0.05) is 18.2 Å². The summed E-state index contributed by atoms with van der Waals surface area (Å²) in [7, 11) is -13.2. The van der Waals surface area contributed by atoms with Gasteiger partial charge >= 0.3 is 0 Å². The highest BCUT2D eigenvalue weighted by atomic mass is 32.2. The molecule has 86 heavy (non-hydrogen) atoms. The van der Waals surface area contributed by atoms with Crippen LogP contribution in [0.5, 0.6) is 11.5 Å². The Hall–Kier alpha value is -7.01. The second-order valence-electron chi connectivity index (χ2n) is 21.1. The number of rotatable bonds is 35. The van der Waals surface area contributed by atoms with Crippen molar-refractivity contribution in [1.82, 2.24) is 21.3 Å². The minimum atomic E-state index is -4.43. The second kappa shape index (κ2) is 34.4. The summed E-state index contributed by atoms with van der Waals surface area (Å²) in [4.78, 5) is 58.8. The molecular weight excluding hydrogens is 1170 g/mol. The van der Waals surface area contributed by atoms with Crippen molar-refractivity contribution in [2.75, 3.05) is 66.5 Å². The minimum absolute atomic E-state index is 0.0228. The van der Waals surface area contributed by atoms with Crippen molar-refractivity contribution in [3.63, 3.8) is 0 Å². The van der Waals surface area contributed by atoms with E-state index in [1.54, 1.807) is 93.0 Å². The average molecular weight is 1250 g/mol. The zero-order valence-corrected chi connectivity index (χ0v) is 52.1. The number of nitrogens with one attached hydrogen (secondary N) is 4. The number of anilines is 2. The quantitative estimate of drug-likeness (QED) is 0.0149.